The molecule has 6 heteroatoms. The van der Waals surface area contributed by atoms with E-state index in [4.69, 9.17) is 0 Å². The van der Waals surface area contributed by atoms with Crippen LogP contribution in [-0.4, -0.2) is 37.1 Å². The lowest BCUT2D eigenvalue weighted by Crippen LogP contribution is -2.36. The monoisotopic (exact) mass is 288 g/mol. The molecule has 0 aromatic heterocycles. The van der Waals surface area contributed by atoms with Crippen molar-refractivity contribution in [3.05, 3.63) is 29.8 Å². The molecule has 2 aliphatic rings. The van der Waals surface area contributed by atoms with Crippen LogP contribution in [0, 0.1) is 0 Å². The van der Waals surface area contributed by atoms with Gasteiger partial charge in [0.1, 0.15) is 0 Å². The van der Waals surface area contributed by atoms with Gasteiger partial charge in [-0.15, -0.1) is 0 Å². The number of benzene rings is 1. The molecule has 1 aliphatic carbocycles. The van der Waals surface area contributed by atoms with Gasteiger partial charge >= 0.3 is 6.03 Å². The minimum absolute atomic E-state index is 0.102. The Morgan fingerprint density at radius 1 is 1.10 bits per heavy atom. The van der Waals surface area contributed by atoms with Crippen molar-refractivity contribution in [1.29, 1.82) is 0 Å². The second-order valence-corrected chi connectivity index (χ2v) is 5.62. The Balaban J connectivity index is 1.58. The van der Waals surface area contributed by atoms with Crippen molar-refractivity contribution in [3.63, 3.8) is 0 Å². The van der Waals surface area contributed by atoms with Crippen LogP contribution in [0.25, 0.3) is 0 Å². The van der Waals surface area contributed by atoms with Crippen LogP contribution in [0.15, 0.2) is 24.3 Å². The van der Waals surface area contributed by atoms with Crippen molar-refractivity contribution in [2.45, 2.75) is 31.3 Å². The highest BCUT2D eigenvalue weighted by Gasteiger charge is 2.23. The molecular weight excluding hydrogens is 268 g/mol. The topological polar surface area (TPSA) is 82.3 Å². The van der Waals surface area contributed by atoms with Crippen molar-refractivity contribution in [3.8, 4) is 0 Å². The summed E-state index contributed by atoms with van der Waals surface area (Å²) in [5.74, 6) is -0.102. The molecule has 1 unspecified atom stereocenters. The summed E-state index contributed by atoms with van der Waals surface area (Å²) in [5.41, 5.74) is 1.19. The molecule has 2 fully saturated rings. The molecule has 3 rings (SSSR count). The lowest BCUT2D eigenvalue weighted by atomic mass is 10.1. The number of carbonyl (C=O) groups is 2. The first-order valence-electron chi connectivity index (χ1n) is 7.40. The molecule has 21 heavy (non-hydrogen) atoms. The summed E-state index contributed by atoms with van der Waals surface area (Å²) in [5, 5.41) is 11.8. The van der Waals surface area contributed by atoms with E-state index in [-0.39, 0.29) is 18.0 Å². The van der Waals surface area contributed by atoms with Gasteiger partial charge in [0.2, 0.25) is 0 Å². The molecule has 1 saturated heterocycles. The molecule has 1 aromatic rings. The van der Waals surface area contributed by atoms with Crippen LogP contribution < -0.4 is 21.3 Å². The maximum atomic E-state index is 12.2. The summed E-state index contributed by atoms with van der Waals surface area (Å²) in [7, 11) is 0. The van der Waals surface area contributed by atoms with Crippen LogP contribution in [-0.2, 0) is 0 Å². The largest absolute Gasteiger partial charge is 0.348 e. The molecule has 3 amide bonds. The van der Waals surface area contributed by atoms with Gasteiger partial charge in [0, 0.05) is 29.9 Å². The van der Waals surface area contributed by atoms with Crippen LogP contribution in [0.2, 0.25) is 0 Å². The van der Waals surface area contributed by atoms with Crippen molar-refractivity contribution >= 4 is 17.6 Å². The van der Waals surface area contributed by atoms with E-state index in [2.05, 4.69) is 21.3 Å². The summed E-state index contributed by atoms with van der Waals surface area (Å²) in [6.45, 7) is 1.75. The van der Waals surface area contributed by atoms with E-state index >= 15 is 0 Å². The van der Waals surface area contributed by atoms with Crippen molar-refractivity contribution in [2.24, 2.45) is 0 Å². The standard InChI is InChI=1S/C15H20N4O2/c20-14(17-13-6-7-16-9-13)10-2-1-3-12(8-10)19-15(21)18-11-4-5-11/h1-3,8,11,13,16H,4-7,9H2,(H,17,20)(H2,18,19,21). The summed E-state index contributed by atoms with van der Waals surface area (Å²) >= 11 is 0. The van der Waals surface area contributed by atoms with Gasteiger partial charge in [-0.3, -0.25) is 4.79 Å². The first kappa shape index (κ1) is 13.9. The van der Waals surface area contributed by atoms with Crippen molar-refractivity contribution in [2.75, 3.05) is 18.4 Å². The van der Waals surface area contributed by atoms with Gasteiger partial charge in [-0.25, -0.2) is 4.79 Å². The normalized spacial score (nSPS) is 20.9. The van der Waals surface area contributed by atoms with Crippen molar-refractivity contribution < 1.29 is 9.59 Å². The second kappa shape index (κ2) is 6.13. The van der Waals surface area contributed by atoms with Crippen LogP contribution in [0.4, 0.5) is 10.5 Å². The smallest absolute Gasteiger partial charge is 0.319 e. The number of anilines is 1. The highest BCUT2D eigenvalue weighted by Crippen LogP contribution is 2.19. The lowest BCUT2D eigenvalue weighted by molar-refractivity contribution is 0.0940. The van der Waals surface area contributed by atoms with E-state index in [0.29, 0.717) is 17.3 Å². The molecule has 4 N–H and O–H groups in total. The highest BCUT2D eigenvalue weighted by molar-refractivity contribution is 5.97. The fourth-order valence-electron chi connectivity index (χ4n) is 2.37. The van der Waals surface area contributed by atoms with Gasteiger partial charge in [-0.1, -0.05) is 6.07 Å². The molecule has 0 bridgehead atoms. The third-order valence-corrected chi connectivity index (χ3v) is 3.69. The minimum Gasteiger partial charge on any atom is -0.348 e. The van der Waals surface area contributed by atoms with E-state index in [0.717, 1.165) is 32.4 Å². The summed E-state index contributed by atoms with van der Waals surface area (Å²) in [6, 6.07) is 7.29. The summed E-state index contributed by atoms with van der Waals surface area (Å²) in [4.78, 5) is 23.9. The van der Waals surface area contributed by atoms with Gasteiger partial charge in [0.25, 0.3) is 5.91 Å². The molecule has 1 saturated carbocycles. The molecule has 1 aromatic carbocycles. The SMILES string of the molecule is O=C(Nc1cccc(C(=O)NC2CCNC2)c1)NC1CC1. The maximum absolute atomic E-state index is 12.2. The number of amides is 3. The first-order chi connectivity index (χ1) is 10.2. The molecule has 0 spiro atoms. The van der Waals surface area contributed by atoms with Crippen molar-refractivity contribution in [1.82, 2.24) is 16.0 Å². The zero-order valence-corrected chi connectivity index (χ0v) is 11.8. The fraction of sp³-hybridized carbons (Fsp3) is 0.467. The van der Waals surface area contributed by atoms with E-state index in [9.17, 15) is 9.59 Å². The average Bonchev–Trinajstić information content (AvgIpc) is 3.12. The zero-order chi connectivity index (χ0) is 14.7. The number of rotatable bonds is 4. The first-order valence-corrected chi connectivity index (χ1v) is 7.40. The third-order valence-electron chi connectivity index (χ3n) is 3.69. The van der Waals surface area contributed by atoms with E-state index in [1.807, 2.05) is 0 Å². The highest BCUT2D eigenvalue weighted by atomic mass is 16.2. The number of urea groups is 1. The number of hydrogen-bond donors (Lipinski definition) is 4. The van der Waals surface area contributed by atoms with Crippen LogP contribution in [0.5, 0.6) is 0 Å². The predicted octanol–water partition coefficient (Wildman–Crippen LogP) is 1.06. The molecule has 6 nitrogen and oxygen atoms in total. The number of hydrogen-bond acceptors (Lipinski definition) is 3. The van der Waals surface area contributed by atoms with Gasteiger partial charge < -0.3 is 21.3 Å². The number of nitrogens with one attached hydrogen (secondary N) is 4. The maximum Gasteiger partial charge on any atom is 0.319 e. The quantitative estimate of drug-likeness (QED) is 0.668. The molecular formula is C15H20N4O2. The Labute approximate surface area is 123 Å². The van der Waals surface area contributed by atoms with Gasteiger partial charge in [0.15, 0.2) is 0 Å². The summed E-state index contributed by atoms with van der Waals surface area (Å²) < 4.78 is 0. The van der Waals surface area contributed by atoms with E-state index in [1.165, 1.54) is 0 Å². The molecule has 1 atom stereocenters. The Bertz CT molecular complexity index is 536. The Morgan fingerprint density at radius 2 is 1.95 bits per heavy atom. The lowest BCUT2D eigenvalue weighted by Gasteiger charge is -2.12. The molecule has 0 radical (unpaired) electrons. The molecule has 1 heterocycles. The Kier molecular flexibility index (Phi) is 4.06. The summed E-state index contributed by atoms with van der Waals surface area (Å²) in [6.07, 6.45) is 3.05. The molecule has 1 aliphatic heterocycles. The average molecular weight is 288 g/mol. The van der Waals surface area contributed by atoms with Crippen LogP contribution >= 0.6 is 0 Å². The van der Waals surface area contributed by atoms with Gasteiger partial charge in [-0.05, 0) is 44.0 Å². The fourth-order valence-corrected chi connectivity index (χ4v) is 2.37. The molecule has 112 valence electrons. The minimum atomic E-state index is -0.213. The Hall–Kier alpha value is -2.08. The van der Waals surface area contributed by atoms with Crippen LogP contribution in [0.3, 0.4) is 0 Å². The van der Waals surface area contributed by atoms with Gasteiger partial charge in [-0.2, -0.15) is 0 Å². The second-order valence-electron chi connectivity index (χ2n) is 5.62. The third kappa shape index (κ3) is 3.95. The van der Waals surface area contributed by atoms with E-state index in [1.54, 1.807) is 24.3 Å². The predicted molar refractivity (Wildman–Crippen MR) is 80.4 cm³/mol. The van der Waals surface area contributed by atoms with Crippen LogP contribution in [0.1, 0.15) is 29.6 Å². The number of carbonyl (C=O) groups excluding carboxylic acids is 2. The zero-order valence-electron chi connectivity index (χ0n) is 11.8. The van der Waals surface area contributed by atoms with E-state index < -0.39 is 0 Å². The van der Waals surface area contributed by atoms with Gasteiger partial charge in [0.05, 0.1) is 0 Å². The Morgan fingerprint density at radius 3 is 2.67 bits per heavy atom.